The molecule has 4 rings (SSSR count). The zero-order valence-corrected chi connectivity index (χ0v) is 18.4. The first-order chi connectivity index (χ1) is 14.2. The van der Waals surface area contributed by atoms with Crippen molar-refractivity contribution in [1.82, 2.24) is 15.5 Å². The summed E-state index contributed by atoms with van der Waals surface area (Å²) in [6.45, 7) is 7.63. The van der Waals surface area contributed by atoms with Gasteiger partial charge in [-0.25, -0.2) is 0 Å². The highest BCUT2D eigenvalue weighted by Crippen LogP contribution is 2.25. The number of piperidine rings is 1. The summed E-state index contributed by atoms with van der Waals surface area (Å²) in [4.78, 5) is 9.54. The summed E-state index contributed by atoms with van der Waals surface area (Å²) in [5.41, 5.74) is 2.99. The van der Waals surface area contributed by atoms with Crippen LogP contribution in [0.15, 0.2) is 46.8 Å². The lowest BCUT2D eigenvalue weighted by molar-refractivity contribution is 0.191. The van der Waals surface area contributed by atoms with E-state index in [2.05, 4.69) is 74.1 Å². The van der Waals surface area contributed by atoms with Crippen molar-refractivity contribution in [2.24, 2.45) is 4.99 Å². The van der Waals surface area contributed by atoms with Gasteiger partial charge >= 0.3 is 0 Å². The highest BCUT2D eigenvalue weighted by molar-refractivity contribution is 7.14. The molecule has 1 unspecified atom stereocenters. The fraction of sp³-hybridized carbons (Fsp3) is 0.522. The molecule has 29 heavy (non-hydrogen) atoms. The smallest absolute Gasteiger partial charge is 0.191 e. The maximum Gasteiger partial charge on any atom is 0.191 e. The molecule has 2 aliphatic rings. The zero-order valence-electron chi connectivity index (χ0n) is 17.6. The van der Waals surface area contributed by atoms with Crippen LogP contribution in [0.25, 0.3) is 0 Å². The van der Waals surface area contributed by atoms with Gasteiger partial charge in [0.05, 0.1) is 5.00 Å². The number of nitrogens with one attached hydrogen (secondary N) is 2. The molecule has 0 saturated carbocycles. The van der Waals surface area contributed by atoms with E-state index in [1.165, 1.54) is 16.1 Å². The molecule has 6 heteroatoms. The lowest BCUT2D eigenvalue weighted by Gasteiger charge is -2.35. The van der Waals surface area contributed by atoms with Crippen molar-refractivity contribution in [3.05, 3.63) is 52.9 Å². The second-order valence-corrected chi connectivity index (χ2v) is 9.07. The maximum atomic E-state index is 4.47. The number of nitrogens with zero attached hydrogens (tertiary/aromatic N) is 3. The van der Waals surface area contributed by atoms with E-state index in [-0.39, 0.29) is 0 Å². The van der Waals surface area contributed by atoms with E-state index in [1.807, 2.05) is 18.4 Å². The van der Waals surface area contributed by atoms with Crippen LogP contribution < -0.4 is 15.5 Å². The van der Waals surface area contributed by atoms with Gasteiger partial charge in [-0.1, -0.05) is 24.3 Å². The van der Waals surface area contributed by atoms with Crippen LogP contribution in [0, 0.1) is 0 Å². The Morgan fingerprint density at radius 2 is 1.93 bits per heavy atom. The molecule has 2 aromatic rings. The fourth-order valence-corrected chi connectivity index (χ4v) is 5.13. The lowest BCUT2D eigenvalue weighted by Crippen LogP contribution is -2.51. The molecular formula is C23H33N5S. The first kappa shape index (κ1) is 20.2. The molecule has 1 aromatic heterocycles. The van der Waals surface area contributed by atoms with E-state index in [0.717, 1.165) is 57.9 Å². The Morgan fingerprint density at radius 1 is 1.14 bits per heavy atom. The van der Waals surface area contributed by atoms with Crippen LogP contribution in [0.5, 0.6) is 0 Å². The summed E-state index contributed by atoms with van der Waals surface area (Å²) in [6.07, 6.45) is 3.45. The van der Waals surface area contributed by atoms with Crippen LogP contribution in [0.3, 0.4) is 0 Å². The minimum absolute atomic E-state index is 0.475. The molecule has 156 valence electrons. The van der Waals surface area contributed by atoms with Crippen LogP contribution in [0.2, 0.25) is 0 Å². The number of aliphatic imine (C=N–C) groups is 1. The second-order valence-electron chi connectivity index (χ2n) is 8.15. The summed E-state index contributed by atoms with van der Waals surface area (Å²) in [5.74, 6) is 0.934. The van der Waals surface area contributed by atoms with E-state index in [4.69, 9.17) is 0 Å². The van der Waals surface area contributed by atoms with Gasteiger partial charge in [0.1, 0.15) is 0 Å². The number of thiophene rings is 1. The molecule has 0 radical (unpaired) electrons. The zero-order chi connectivity index (χ0) is 20.1. The van der Waals surface area contributed by atoms with Crippen molar-refractivity contribution in [3.63, 3.8) is 0 Å². The lowest BCUT2D eigenvalue weighted by atomic mass is 9.99. The van der Waals surface area contributed by atoms with Gasteiger partial charge in [-0.3, -0.25) is 9.89 Å². The number of hydrogen-bond donors (Lipinski definition) is 2. The Morgan fingerprint density at radius 3 is 2.66 bits per heavy atom. The van der Waals surface area contributed by atoms with Crippen molar-refractivity contribution in [2.75, 3.05) is 38.1 Å². The van der Waals surface area contributed by atoms with Crippen molar-refractivity contribution in [2.45, 2.75) is 44.8 Å². The molecule has 1 aromatic carbocycles. The largest absolute Gasteiger partial charge is 0.363 e. The summed E-state index contributed by atoms with van der Waals surface area (Å²) < 4.78 is 0. The molecule has 0 bridgehead atoms. The molecule has 0 aliphatic carbocycles. The number of guanidine groups is 1. The highest BCUT2D eigenvalue weighted by Gasteiger charge is 2.22. The van der Waals surface area contributed by atoms with Crippen molar-refractivity contribution >= 4 is 22.3 Å². The molecule has 2 N–H and O–H groups in total. The standard InChI is InChI=1S/C23H33N5S/c1-18(28-12-9-19-6-3-4-7-20(19)17-28)16-25-23(24-2)26-21-10-13-27(14-11-21)22-8-5-15-29-22/h3-8,15,18,21H,9-14,16-17H2,1-2H3,(H2,24,25,26). The average molecular weight is 412 g/mol. The topological polar surface area (TPSA) is 42.9 Å². The predicted octanol–water partition coefficient (Wildman–Crippen LogP) is 3.33. The van der Waals surface area contributed by atoms with Gasteiger partial charge in [-0.2, -0.15) is 0 Å². The van der Waals surface area contributed by atoms with Gasteiger partial charge < -0.3 is 15.5 Å². The first-order valence-electron chi connectivity index (χ1n) is 10.8. The van der Waals surface area contributed by atoms with E-state index >= 15 is 0 Å². The van der Waals surface area contributed by atoms with Crippen LogP contribution in [0.4, 0.5) is 5.00 Å². The van der Waals surface area contributed by atoms with Gasteiger partial charge in [0.15, 0.2) is 5.96 Å². The van der Waals surface area contributed by atoms with E-state index in [9.17, 15) is 0 Å². The van der Waals surface area contributed by atoms with Crippen molar-refractivity contribution in [3.8, 4) is 0 Å². The summed E-state index contributed by atoms with van der Waals surface area (Å²) >= 11 is 1.83. The highest BCUT2D eigenvalue weighted by atomic mass is 32.1. The molecule has 0 spiro atoms. The molecule has 0 amide bonds. The van der Waals surface area contributed by atoms with E-state index in [0.29, 0.717) is 12.1 Å². The van der Waals surface area contributed by atoms with Gasteiger partial charge in [0.2, 0.25) is 0 Å². The van der Waals surface area contributed by atoms with Crippen LogP contribution in [-0.2, 0) is 13.0 Å². The van der Waals surface area contributed by atoms with Gasteiger partial charge in [-0.05, 0) is 54.8 Å². The summed E-state index contributed by atoms with van der Waals surface area (Å²) in [7, 11) is 1.87. The van der Waals surface area contributed by atoms with Gasteiger partial charge in [0, 0.05) is 51.9 Å². The number of rotatable bonds is 5. The quantitative estimate of drug-likeness (QED) is 0.585. The Balaban J connectivity index is 1.22. The van der Waals surface area contributed by atoms with E-state index < -0.39 is 0 Å². The van der Waals surface area contributed by atoms with Crippen LogP contribution in [-0.4, -0.2) is 56.2 Å². The molecule has 1 atom stereocenters. The Kier molecular flexibility index (Phi) is 6.72. The summed E-state index contributed by atoms with van der Waals surface area (Å²) in [6, 6.07) is 14.2. The van der Waals surface area contributed by atoms with Gasteiger partial charge in [-0.15, -0.1) is 11.3 Å². The molecule has 1 saturated heterocycles. The maximum absolute atomic E-state index is 4.47. The Labute approximate surface area is 178 Å². The first-order valence-corrected chi connectivity index (χ1v) is 11.7. The molecule has 3 heterocycles. The van der Waals surface area contributed by atoms with Crippen molar-refractivity contribution < 1.29 is 0 Å². The molecule has 1 fully saturated rings. The predicted molar refractivity (Wildman–Crippen MR) is 124 cm³/mol. The molecule has 2 aliphatic heterocycles. The SMILES string of the molecule is CN=C(NCC(C)N1CCc2ccccc2C1)NC1CCN(c2cccs2)CC1. The molecular weight excluding hydrogens is 378 g/mol. The minimum Gasteiger partial charge on any atom is -0.363 e. The number of fused-ring (bicyclic) bond motifs is 1. The van der Waals surface area contributed by atoms with Crippen molar-refractivity contribution in [1.29, 1.82) is 0 Å². The molecule has 5 nitrogen and oxygen atoms in total. The third-order valence-corrected chi connectivity index (χ3v) is 7.15. The Hall–Kier alpha value is -2.05. The third-order valence-electron chi connectivity index (χ3n) is 6.23. The van der Waals surface area contributed by atoms with Crippen LogP contribution >= 0.6 is 11.3 Å². The normalized spacial score (nSPS) is 19.7. The van der Waals surface area contributed by atoms with E-state index in [1.54, 1.807) is 0 Å². The Bertz CT molecular complexity index is 795. The third kappa shape index (κ3) is 5.11. The second kappa shape index (κ2) is 9.63. The number of benzene rings is 1. The number of anilines is 1. The average Bonchev–Trinajstić information content (AvgIpc) is 3.31. The fourth-order valence-electron chi connectivity index (χ4n) is 4.35. The number of hydrogen-bond acceptors (Lipinski definition) is 4. The summed E-state index contributed by atoms with van der Waals surface area (Å²) in [5, 5.41) is 10.8. The van der Waals surface area contributed by atoms with Gasteiger partial charge in [0.25, 0.3) is 0 Å². The monoisotopic (exact) mass is 411 g/mol. The minimum atomic E-state index is 0.475. The van der Waals surface area contributed by atoms with Crippen LogP contribution in [0.1, 0.15) is 30.9 Å².